The van der Waals surface area contributed by atoms with Gasteiger partial charge in [-0.2, -0.15) is 0 Å². The minimum absolute atomic E-state index is 0.102. The number of nitrogen functional groups attached to an aromatic ring is 1. The summed E-state index contributed by atoms with van der Waals surface area (Å²) in [4.78, 5) is 17.6. The molecule has 17 heavy (non-hydrogen) atoms. The number of benzene rings is 1. The Kier molecular flexibility index (Phi) is 2.82. The first-order chi connectivity index (χ1) is 8.09. The summed E-state index contributed by atoms with van der Waals surface area (Å²) in [5, 5.41) is 0. The van der Waals surface area contributed by atoms with Crippen LogP contribution < -0.4 is 10.6 Å². The van der Waals surface area contributed by atoms with Gasteiger partial charge in [0.05, 0.1) is 12.5 Å². The van der Waals surface area contributed by atoms with Crippen molar-refractivity contribution in [3.05, 3.63) is 42.5 Å². The van der Waals surface area contributed by atoms with E-state index < -0.39 is 0 Å². The molecule has 0 spiro atoms. The maximum atomic E-state index is 12.1. The topological polar surface area (TPSA) is 64.2 Å². The van der Waals surface area contributed by atoms with Crippen molar-refractivity contribution in [2.45, 2.75) is 0 Å². The molecule has 5 heteroatoms. The van der Waals surface area contributed by atoms with Crippen LogP contribution in [-0.4, -0.2) is 22.5 Å². The number of imidazole rings is 1. The van der Waals surface area contributed by atoms with Crippen molar-refractivity contribution in [2.75, 3.05) is 17.7 Å². The van der Waals surface area contributed by atoms with Crippen molar-refractivity contribution in [2.24, 2.45) is 7.05 Å². The quantitative estimate of drug-likeness (QED) is 0.790. The van der Waals surface area contributed by atoms with Gasteiger partial charge in [-0.1, -0.05) is 0 Å². The fraction of sp³-hybridized carbons (Fsp3) is 0.167. The van der Waals surface area contributed by atoms with Gasteiger partial charge in [-0.05, 0) is 24.3 Å². The largest absolute Gasteiger partial charge is 0.399 e. The second-order valence-electron chi connectivity index (χ2n) is 3.85. The minimum Gasteiger partial charge on any atom is -0.399 e. The van der Waals surface area contributed by atoms with Crippen molar-refractivity contribution in [1.82, 2.24) is 9.55 Å². The van der Waals surface area contributed by atoms with Gasteiger partial charge in [0.2, 0.25) is 0 Å². The number of carbonyl (C=O) groups excluding carboxylic acids is 1. The van der Waals surface area contributed by atoms with Gasteiger partial charge in [0, 0.05) is 25.5 Å². The number of aryl methyl sites for hydroxylation is 1. The number of nitrogens with zero attached hydrogens (tertiary/aromatic N) is 3. The lowest BCUT2D eigenvalue weighted by atomic mass is 10.2. The predicted molar refractivity (Wildman–Crippen MR) is 66.8 cm³/mol. The Hall–Kier alpha value is -2.30. The molecular weight excluding hydrogens is 216 g/mol. The molecule has 88 valence electrons. The molecule has 0 radical (unpaired) electrons. The molecule has 0 bridgehead atoms. The molecule has 1 heterocycles. The maximum Gasteiger partial charge on any atom is 0.276 e. The van der Waals surface area contributed by atoms with Gasteiger partial charge in [0.15, 0.2) is 0 Å². The summed E-state index contributed by atoms with van der Waals surface area (Å²) in [5.41, 5.74) is 7.62. The summed E-state index contributed by atoms with van der Waals surface area (Å²) in [6, 6.07) is 7.15. The highest BCUT2D eigenvalue weighted by atomic mass is 16.2. The first-order valence-electron chi connectivity index (χ1n) is 5.19. The lowest BCUT2D eigenvalue weighted by Gasteiger charge is -2.17. The summed E-state index contributed by atoms with van der Waals surface area (Å²) in [7, 11) is 3.51. The highest BCUT2D eigenvalue weighted by molar-refractivity contribution is 6.04. The summed E-state index contributed by atoms with van der Waals surface area (Å²) in [6.07, 6.45) is 3.15. The Morgan fingerprint density at radius 1 is 1.35 bits per heavy atom. The number of aromatic nitrogens is 2. The molecule has 5 nitrogen and oxygen atoms in total. The molecule has 1 amide bonds. The number of anilines is 2. The molecule has 0 atom stereocenters. The zero-order valence-corrected chi connectivity index (χ0v) is 9.79. The Balaban J connectivity index is 2.26. The van der Waals surface area contributed by atoms with E-state index in [2.05, 4.69) is 4.98 Å². The van der Waals surface area contributed by atoms with Crippen molar-refractivity contribution in [3.8, 4) is 0 Å². The van der Waals surface area contributed by atoms with Crippen LogP contribution in [-0.2, 0) is 7.05 Å². The number of amides is 1. The average molecular weight is 230 g/mol. The molecule has 2 rings (SSSR count). The summed E-state index contributed by atoms with van der Waals surface area (Å²) in [5.74, 6) is -0.102. The van der Waals surface area contributed by atoms with Gasteiger partial charge in [0.25, 0.3) is 5.91 Å². The summed E-state index contributed by atoms with van der Waals surface area (Å²) in [6.45, 7) is 0. The normalized spacial score (nSPS) is 10.2. The lowest BCUT2D eigenvalue weighted by molar-refractivity contribution is 0.0985. The van der Waals surface area contributed by atoms with E-state index in [0.29, 0.717) is 11.4 Å². The van der Waals surface area contributed by atoms with Crippen LogP contribution in [0.1, 0.15) is 10.5 Å². The summed E-state index contributed by atoms with van der Waals surface area (Å²) < 4.78 is 1.69. The molecule has 0 saturated heterocycles. The monoisotopic (exact) mass is 230 g/mol. The van der Waals surface area contributed by atoms with Gasteiger partial charge in [-0.15, -0.1) is 0 Å². The molecular formula is C12H14N4O. The maximum absolute atomic E-state index is 12.1. The van der Waals surface area contributed by atoms with Gasteiger partial charge >= 0.3 is 0 Å². The molecule has 2 N–H and O–H groups in total. The molecule has 0 aliphatic heterocycles. The van der Waals surface area contributed by atoms with Gasteiger partial charge in [-0.25, -0.2) is 4.98 Å². The Morgan fingerprint density at radius 3 is 2.53 bits per heavy atom. The standard InChI is InChI=1S/C12H14N4O/c1-15-8-14-7-11(15)12(17)16(2)10-5-3-9(13)4-6-10/h3-8H,13H2,1-2H3. The Morgan fingerprint density at radius 2 is 2.00 bits per heavy atom. The molecule has 0 fully saturated rings. The molecule has 0 aliphatic rings. The fourth-order valence-corrected chi connectivity index (χ4v) is 1.55. The molecule has 2 aromatic rings. The number of nitrogens with two attached hydrogens (primary N) is 1. The SMILES string of the molecule is CN(C(=O)c1cncn1C)c1ccc(N)cc1. The molecule has 0 saturated carbocycles. The number of rotatable bonds is 2. The zero-order valence-electron chi connectivity index (χ0n) is 9.79. The minimum atomic E-state index is -0.102. The zero-order chi connectivity index (χ0) is 12.4. The molecule has 0 unspecified atom stereocenters. The fourth-order valence-electron chi connectivity index (χ4n) is 1.55. The van der Waals surface area contributed by atoms with Crippen LogP contribution >= 0.6 is 0 Å². The number of hydrogen-bond acceptors (Lipinski definition) is 3. The number of carbonyl (C=O) groups is 1. The molecule has 0 aliphatic carbocycles. The van der Waals surface area contributed by atoms with E-state index in [0.717, 1.165) is 5.69 Å². The van der Waals surface area contributed by atoms with E-state index in [1.165, 1.54) is 0 Å². The van der Waals surface area contributed by atoms with Crippen LogP contribution in [0.2, 0.25) is 0 Å². The number of hydrogen-bond donors (Lipinski definition) is 1. The van der Waals surface area contributed by atoms with Crippen molar-refractivity contribution >= 4 is 17.3 Å². The molecule has 1 aromatic carbocycles. The van der Waals surface area contributed by atoms with E-state index in [9.17, 15) is 4.79 Å². The van der Waals surface area contributed by atoms with Crippen LogP contribution in [0.15, 0.2) is 36.8 Å². The van der Waals surface area contributed by atoms with Crippen LogP contribution in [0.5, 0.6) is 0 Å². The molecule has 1 aromatic heterocycles. The van der Waals surface area contributed by atoms with Crippen LogP contribution in [0.4, 0.5) is 11.4 Å². The third-order valence-corrected chi connectivity index (χ3v) is 2.62. The van der Waals surface area contributed by atoms with Crippen molar-refractivity contribution in [1.29, 1.82) is 0 Å². The Bertz CT molecular complexity index is 530. The van der Waals surface area contributed by atoms with Gasteiger partial charge < -0.3 is 15.2 Å². The summed E-state index contributed by atoms with van der Waals surface area (Å²) >= 11 is 0. The van der Waals surface area contributed by atoms with Crippen LogP contribution in [0.25, 0.3) is 0 Å². The second kappa shape index (κ2) is 4.29. The first kappa shape index (κ1) is 11.2. The van der Waals surface area contributed by atoms with Gasteiger partial charge in [0.1, 0.15) is 5.69 Å². The predicted octanol–water partition coefficient (Wildman–Crippen LogP) is 1.28. The third-order valence-electron chi connectivity index (χ3n) is 2.62. The van der Waals surface area contributed by atoms with Gasteiger partial charge in [-0.3, -0.25) is 4.79 Å². The van der Waals surface area contributed by atoms with Crippen molar-refractivity contribution < 1.29 is 4.79 Å². The van der Waals surface area contributed by atoms with E-state index in [1.807, 2.05) is 12.1 Å². The van der Waals surface area contributed by atoms with Crippen LogP contribution in [0.3, 0.4) is 0 Å². The van der Waals surface area contributed by atoms with E-state index in [-0.39, 0.29) is 5.91 Å². The third kappa shape index (κ3) is 2.13. The smallest absolute Gasteiger partial charge is 0.276 e. The van der Waals surface area contributed by atoms with E-state index in [4.69, 9.17) is 5.73 Å². The lowest BCUT2D eigenvalue weighted by Crippen LogP contribution is -2.27. The first-order valence-corrected chi connectivity index (χ1v) is 5.19. The second-order valence-corrected chi connectivity index (χ2v) is 3.85. The highest BCUT2D eigenvalue weighted by Gasteiger charge is 2.16. The Labute approximate surface area is 99.5 Å². The van der Waals surface area contributed by atoms with Crippen molar-refractivity contribution in [3.63, 3.8) is 0 Å². The van der Waals surface area contributed by atoms with E-state index in [1.54, 1.807) is 48.2 Å². The highest BCUT2D eigenvalue weighted by Crippen LogP contribution is 2.16. The van der Waals surface area contributed by atoms with Crippen LogP contribution in [0, 0.1) is 0 Å². The average Bonchev–Trinajstić information content (AvgIpc) is 2.74. The van der Waals surface area contributed by atoms with E-state index >= 15 is 0 Å².